The summed E-state index contributed by atoms with van der Waals surface area (Å²) in [5.41, 5.74) is 1.45. The van der Waals surface area contributed by atoms with Crippen LogP contribution in [0.1, 0.15) is 36.0 Å². The first-order valence-corrected chi connectivity index (χ1v) is 7.80. The highest BCUT2D eigenvalue weighted by molar-refractivity contribution is 6.31. The van der Waals surface area contributed by atoms with Gasteiger partial charge in [0.1, 0.15) is 0 Å². The van der Waals surface area contributed by atoms with Gasteiger partial charge in [-0.25, -0.2) is 0 Å². The second-order valence-electron chi connectivity index (χ2n) is 6.08. The summed E-state index contributed by atoms with van der Waals surface area (Å²) in [6.07, 6.45) is 5.41. The van der Waals surface area contributed by atoms with E-state index in [2.05, 4.69) is 10.6 Å². The molecule has 1 aromatic rings. The van der Waals surface area contributed by atoms with Gasteiger partial charge in [0.05, 0.1) is 5.56 Å². The van der Waals surface area contributed by atoms with Crippen LogP contribution in [-0.2, 0) is 0 Å². The molecule has 3 nitrogen and oxygen atoms in total. The van der Waals surface area contributed by atoms with Gasteiger partial charge in [-0.3, -0.25) is 4.79 Å². The van der Waals surface area contributed by atoms with E-state index in [0.717, 1.165) is 24.1 Å². The van der Waals surface area contributed by atoms with Crippen molar-refractivity contribution in [3.63, 3.8) is 0 Å². The number of nitrogens with one attached hydrogen (secondary N) is 2. The molecule has 2 fully saturated rings. The van der Waals surface area contributed by atoms with Crippen molar-refractivity contribution in [1.82, 2.24) is 5.32 Å². The van der Waals surface area contributed by atoms with Crippen molar-refractivity contribution in [2.75, 3.05) is 18.9 Å². The summed E-state index contributed by atoms with van der Waals surface area (Å²) < 4.78 is 0. The molecule has 3 atom stereocenters. The van der Waals surface area contributed by atoms with Gasteiger partial charge in [-0.05, 0) is 55.2 Å². The Hall–Kier alpha value is -1.22. The van der Waals surface area contributed by atoms with Crippen LogP contribution in [0.25, 0.3) is 0 Å². The van der Waals surface area contributed by atoms with Crippen LogP contribution in [0.4, 0.5) is 5.69 Å². The predicted octanol–water partition coefficient (Wildman–Crippen LogP) is 3.55. The van der Waals surface area contributed by atoms with E-state index in [1.807, 2.05) is 13.1 Å². The third-order valence-corrected chi connectivity index (χ3v) is 5.14. The van der Waals surface area contributed by atoms with E-state index >= 15 is 0 Å². The molecule has 0 spiro atoms. The summed E-state index contributed by atoms with van der Waals surface area (Å²) in [4.78, 5) is 12.3. The Labute approximate surface area is 125 Å². The smallest absolute Gasteiger partial charge is 0.253 e. The van der Waals surface area contributed by atoms with Gasteiger partial charge in [0.15, 0.2) is 0 Å². The number of hydrogen-bond acceptors (Lipinski definition) is 2. The average molecular weight is 293 g/mol. The van der Waals surface area contributed by atoms with Crippen LogP contribution in [0.3, 0.4) is 0 Å². The van der Waals surface area contributed by atoms with E-state index in [9.17, 15) is 4.79 Å². The Morgan fingerprint density at radius 3 is 2.85 bits per heavy atom. The first kappa shape index (κ1) is 13.7. The normalized spacial score (nSPS) is 27.6. The van der Waals surface area contributed by atoms with Gasteiger partial charge in [0.25, 0.3) is 5.91 Å². The van der Waals surface area contributed by atoms with Crippen molar-refractivity contribution < 1.29 is 4.79 Å². The zero-order valence-corrected chi connectivity index (χ0v) is 12.5. The molecule has 2 N–H and O–H groups in total. The minimum Gasteiger partial charge on any atom is -0.387 e. The number of amides is 1. The molecule has 1 aromatic carbocycles. The second-order valence-corrected chi connectivity index (χ2v) is 6.52. The predicted molar refractivity (Wildman–Crippen MR) is 82.3 cm³/mol. The molecule has 108 valence electrons. The molecule has 4 heteroatoms. The summed E-state index contributed by atoms with van der Waals surface area (Å²) in [5, 5.41) is 6.72. The summed E-state index contributed by atoms with van der Waals surface area (Å²) in [6, 6.07) is 5.36. The highest BCUT2D eigenvalue weighted by Crippen LogP contribution is 2.47. The van der Waals surface area contributed by atoms with Gasteiger partial charge in [0.2, 0.25) is 0 Å². The maximum Gasteiger partial charge on any atom is 0.253 e. The molecule has 0 saturated heterocycles. The van der Waals surface area contributed by atoms with Gasteiger partial charge in [-0.15, -0.1) is 0 Å². The standard InChI is InChI=1S/C16H21ClN2O/c1-18-15-5-4-13(17)8-14(15)16(20)19-9-12-7-10-2-3-11(12)6-10/h4-5,8,10-12,18H,2-3,6-7,9H2,1H3,(H,19,20). The van der Waals surface area contributed by atoms with Gasteiger partial charge < -0.3 is 10.6 Å². The molecular formula is C16H21ClN2O. The molecule has 3 rings (SSSR count). The lowest BCUT2D eigenvalue weighted by Gasteiger charge is -2.22. The first-order valence-electron chi connectivity index (χ1n) is 7.43. The van der Waals surface area contributed by atoms with Crippen molar-refractivity contribution in [2.24, 2.45) is 17.8 Å². The molecule has 0 heterocycles. The quantitative estimate of drug-likeness (QED) is 0.891. The third-order valence-electron chi connectivity index (χ3n) is 4.90. The summed E-state index contributed by atoms with van der Waals surface area (Å²) in [5.74, 6) is 2.40. The summed E-state index contributed by atoms with van der Waals surface area (Å²) >= 11 is 5.99. The van der Waals surface area contributed by atoms with E-state index < -0.39 is 0 Å². The highest BCUT2D eigenvalue weighted by Gasteiger charge is 2.39. The topological polar surface area (TPSA) is 41.1 Å². The van der Waals surface area contributed by atoms with E-state index in [0.29, 0.717) is 16.5 Å². The van der Waals surface area contributed by atoms with E-state index in [1.54, 1.807) is 12.1 Å². The molecule has 20 heavy (non-hydrogen) atoms. The first-order chi connectivity index (χ1) is 9.67. The number of hydrogen-bond donors (Lipinski definition) is 2. The largest absolute Gasteiger partial charge is 0.387 e. The zero-order valence-electron chi connectivity index (χ0n) is 11.8. The fourth-order valence-corrected chi connectivity index (χ4v) is 4.04. The highest BCUT2D eigenvalue weighted by atomic mass is 35.5. The maximum atomic E-state index is 12.3. The molecule has 2 saturated carbocycles. The van der Waals surface area contributed by atoms with Crippen molar-refractivity contribution in [3.05, 3.63) is 28.8 Å². The van der Waals surface area contributed by atoms with Crippen molar-refractivity contribution in [1.29, 1.82) is 0 Å². The van der Waals surface area contributed by atoms with Crippen LogP contribution in [-0.4, -0.2) is 19.5 Å². The third kappa shape index (κ3) is 2.64. The lowest BCUT2D eigenvalue weighted by Crippen LogP contribution is -2.32. The molecule has 2 aliphatic carbocycles. The van der Waals surface area contributed by atoms with Crippen LogP contribution >= 0.6 is 11.6 Å². The van der Waals surface area contributed by atoms with E-state index in [1.165, 1.54) is 25.7 Å². The molecule has 0 aliphatic heterocycles. The van der Waals surface area contributed by atoms with E-state index in [4.69, 9.17) is 11.6 Å². The molecular weight excluding hydrogens is 272 g/mol. The number of anilines is 1. The second kappa shape index (κ2) is 5.65. The average Bonchev–Trinajstić information content (AvgIpc) is 3.07. The van der Waals surface area contributed by atoms with Crippen LogP contribution < -0.4 is 10.6 Å². The maximum absolute atomic E-state index is 12.3. The van der Waals surface area contributed by atoms with Gasteiger partial charge >= 0.3 is 0 Å². The fraction of sp³-hybridized carbons (Fsp3) is 0.562. The SMILES string of the molecule is CNc1ccc(Cl)cc1C(=O)NCC1CC2CCC1C2. The number of benzene rings is 1. The monoisotopic (exact) mass is 292 g/mol. The van der Waals surface area contributed by atoms with Crippen LogP contribution in [0.5, 0.6) is 0 Å². The Bertz CT molecular complexity index is 517. The van der Waals surface area contributed by atoms with Crippen molar-refractivity contribution in [3.8, 4) is 0 Å². The van der Waals surface area contributed by atoms with Gasteiger partial charge in [-0.2, -0.15) is 0 Å². The minimum atomic E-state index is -0.0281. The Morgan fingerprint density at radius 2 is 2.20 bits per heavy atom. The van der Waals surface area contributed by atoms with Crippen LogP contribution in [0.2, 0.25) is 5.02 Å². The number of rotatable bonds is 4. The molecule has 3 unspecified atom stereocenters. The molecule has 0 aromatic heterocycles. The summed E-state index contributed by atoms with van der Waals surface area (Å²) in [6.45, 7) is 0.801. The summed E-state index contributed by atoms with van der Waals surface area (Å²) in [7, 11) is 1.82. The van der Waals surface area contributed by atoms with Crippen LogP contribution in [0.15, 0.2) is 18.2 Å². The van der Waals surface area contributed by atoms with Gasteiger partial charge in [-0.1, -0.05) is 18.0 Å². The number of carbonyl (C=O) groups is 1. The molecule has 2 aliphatic rings. The van der Waals surface area contributed by atoms with Crippen molar-refractivity contribution >= 4 is 23.2 Å². The Balaban J connectivity index is 1.63. The van der Waals surface area contributed by atoms with Crippen LogP contribution in [0, 0.1) is 17.8 Å². The fourth-order valence-electron chi connectivity index (χ4n) is 3.87. The minimum absolute atomic E-state index is 0.0281. The number of fused-ring (bicyclic) bond motifs is 2. The zero-order chi connectivity index (χ0) is 14.1. The Morgan fingerprint density at radius 1 is 1.35 bits per heavy atom. The number of carbonyl (C=O) groups excluding carboxylic acids is 1. The number of halogens is 1. The lowest BCUT2D eigenvalue weighted by molar-refractivity contribution is 0.0942. The Kier molecular flexibility index (Phi) is 3.88. The van der Waals surface area contributed by atoms with E-state index in [-0.39, 0.29) is 5.91 Å². The molecule has 1 amide bonds. The lowest BCUT2D eigenvalue weighted by atomic mass is 9.89. The van der Waals surface area contributed by atoms with Gasteiger partial charge in [0, 0.05) is 24.3 Å². The van der Waals surface area contributed by atoms with Crippen molar-refractivity contribution in [2.45, 2.75) is 25.7 Å². The molecule has 2 bridgehead atoms. The molecule has 0 radical (unpaired) electrons.